The van der Waals surface area contributed by atoms with Gasteiger partial charge in [-0.15, -0.1) is 0 Å². The SMILES string of the molecule is CN1CCC(NC(=O)c2cc(I)ccc2Br)C1. The molecule has 1 unspecified atom stereocenters. The van der Waals surface area contributed by atoms with Crippen LogP contribution in [-0.4, -0.2) is 37.0 Å². The lowest BCUT2D eigenvalue weighted by atomic mass is 10.2. The molecule has 1 aliphatic rings. The fourth-order valence-corrected chi connectivity index (χ4v) is 2.91. The molecule has 1 N–H and O–H groups in total. The van der Waals surface area contributed by atoms with E-state index in [1.165, 1.54) is 0 Å². The monoisotopic (exact) mass is 408 g/mol. The number of carbonyl (C=O) groups excluding carboxylic acids is 1. The Bertz CT molecular complexity index is 439. The van der Waals surface area contributed by atoms with Gasteiger partial charge in [0, 0.05) is 20.6 Å². The lowest BCUT2D eigenvalue weighted by Crippen LogP contribution is -2.36. The van der Waals surface area contributed by atoms with Crippen molar-refractivity contribution in [3.05, 3.63) is 31.8 Å². The van der Waals surface area contributed by atoms with Gasteiger partial charge in [-0.25, -0.2) is 0 Å². The molecule has 1 saturated heterocycles. The maximum atomic E-state index is 12.1. The van der Waals surface area contributed by atoms with Crippen LogP contribution in [0.25, 0.3) is 0 Å². The van der Waals surface area contributed by atoms with Crippen LogP contribution in [0.5, 0.6) is 0 Å². The maximum Gasteiger partial charge on any atom is 0.252 e. The standard InChI is InChI=1S/C12H14BrIN2O/c1-16-5-4-9(7-16)15-12(17)10-6-8(14)2-3-11(10)13/h2-3,6,9H,4-5,7H2,1H3,(H,15,17). The van der Waals surface area contributed by atoms with Crippen LogP contribution < -0.4 is 5.32 Å². The van der Waals surface area contributed by atoms with Crippen LogP contribution in [0.4, 0.5) is 0 Å². The Morgan fingerprint density at radius 3 is 3.00 bits per heavy atom. The molecule has 1 aliphatic heterocycles. The van der Waals surface area contributed by atoms with E-state index >= 15 is 0 Å². The Morgan fingerprint density at radius 1 is 1.59 bits per heavy atom. The summed E-state index contributed by atoms with van der Waals surface area (Å²) in [5, 5.41) is 3.08. The highest BCUT2D eigenvalue weighted by Crippen LogP contribution is 2.20. The summed E-state index contributed by atoms with van der Waals surface area (Å²) in [7, 11) is 2.08. The molecule has 0 bridgehead atoms. The molecule has 1 aromatic rings. The van der Waals surface area contributed by atoms with Crippen molar-refractivity contribution in [3.63, 3.8) is 0 Å². The highest BCUT2D eigenvalue weighted by atomic mass is 127. The molecule has 0 aromatic heterocycles. The number of amides is 1. The van der Waals surface area contributed by atoms with Crippen molar-refractivity contribution < 1.29 is 4.79 Å². The molecule has 1 aromatic carbocycles. The van der Waals surface area contributed by atoms with Gasteiger partial charge in [0.05, 0.1) is 5.56 Å². The topological polar surface area (TPSA) is 32.3 Å². The molecule has 5 heteroatoms. The predicted molar refractivity (Wildman–Crippen MR) is 80.2 cm³/mol. The number of benzene rings is 1. The first kappa shape index (κ1) is 13.3. The Balaban J connectivity index is 2.06. The average Bonchev–Trinajstić information content (AvgIpc) is 2.67. The third-order valence-electron chi connectivity index (χ3n) is 2.90. The van der Waals surface area contributed by atoms with Crippen molar-refractivity contribution in [1.29, 1.82) is 0 Å². The van der Waals surface area contributed by atoms with Crippen LogP contribution in [0.2, 0.25) is 0 Å². The lowest BCUT2D eigenvalue weighted by Gasteiger charge is -2.13. The summed E-state index contributed by atoms with van der Waals surface area (Å²) in [5.74, 6) is 0.00990. The highest BCUT2D eigenvalue weighted by Gasteiger charge is 2.22. The molecular formula is C12H14BrIN2O. The summed E-state index contributed by atoms with van der Waals surface area (Å²) in [6.45, 7) is 1.99. The number of likely N-dealkylation sites (tertiary alicyclic amines) is 1. The smallest absolute Gasteiger partial charge is 0.252 e. The molecule has 0 radical (unpaired) electrons. The zero-order chi connectivity index (χ0) is 12.4. The van der Waals surface area contributed by atoms with Crippen LogP contribution in [0, 0.1) is 3.57 Å². The predicted octanol–water partition coefficient (Wildman–Crippen LogP) is 2.49. The van der Waals surface area contributed by atoms with Crippen LogP contribution >= 0.6 is 38.5 Å². The van der Waals surface area contributed by atoms with Gasteiger partial charge in [0.25, 0.3) is 5.91 Å². The molecule has 1 heterocycles. The van der Waals surface area contributed by atoms with Crippen LogP contribution in [0.15, 0.2) is 22.7 Å². The third-order valence-corrected chi connectivity index (χ3v) is 4.26. The van der Waals surface area contributed by atoms with Crippen molar-refractivity contribution in [2.45, 2.75) is 12.5 Å². The van der Waals surface area contributed by atoms with E-state index in [4.69, 9.17) is 0 Å². The Labute approximate surface area is 123 Å². The Kier molecular flexibility index (Phi) is 4.43. The van der Waals surface area contributed by atoms with Gasteiger partial charge in [-0.05, 0) is 76.7 Å². The summed E-state index contributed by atoms with van der Waals surface area (Å²) in [6.07, 6.45) is 1.03. The van der Waals surface area contributed by atoms with E-state index in [0.29, 0.717) is 5.56 Å². The van der Waals surface area contributed by atoms with Gasteiger partial charge in [-0.1, -0.05) is 0 Å². The number of halogens is 2. The van der Waals surface area contributed by atoms with Gasteiger partial charge < -0.3 is 10.2 Å². The van der Waals surface area contributed by atoms with E-state index in [-0.39, 0.29) is 11.9 Å². The molecule has 3 nitrogen and oxygen atoms in total. The van der Waals surface area contributed by atoms with E-state index in [9.17, 15) is 4.79 Å². The summed E-state index contributed by atoms with van der Waals surface area (Å²) in [6, 6.07) is 6.07. The average molecular weight is 409 g/mol. The molecule has 92 valence electrons. The van der Waals surface area contributed by atoms with Gasteiger partial charge in [-0.2, -0.15) is 0 Å². The molecule has 0 saturated carbocycles. The first-order chi connectivity index (χ1) is 8.06. The molecule has 17 heavy (non-hydrogen) atoms. The van der Waals surface area contributed by atoms with Crippen molar-refractivity contribution in [1.82, 2.24) is 10.2 Å². The quantitative estimate of drug-likeness (QED) is 0.762. The summed E-state index contributed by atoms with van der Waals surface area (Å²) < 4.78 is 1.92. The van der Waals surface area contributed by atoms with E-state index < -0.39 is 0 Å². The fourth-order valence-electron chi connectivity index (χ4n) is 1.99. The van der Waals surface area contributed by atoms with Crippen LogP contribution in [-0.2, 0) is 0 Å². The number of likely N-dealkylation sites (N-methyl/N-ethyl adjacent to an activating group) is 1. The first-order valence-electron chi connectivity index (χ1n) is 5.50. The number of carbonyl (C=O) groups is 1. The normalized spacial score (nSPS) is 20.5. The largest absolute Gasteiger partial charge is 0.348 e. The van der Waals surface area contributed by atoms with Crippen molar-refractivity contribution in [3.8, 4) is 0 Å². The second-order valence-corrected chi connectivity index (χ2v) is 6.45. The zero-order valence-corrected chi connectivity index (χ0v) is 13.3. The molecular weight excluding hydrogens is 395 g/mol. The molecule has 1 fully saturated rings. The molecule has 2 rings (SSSR count). The Hall–Kier alpha value is -0.140. The van der Waals surface area contributed by atoms with Crippen molar-refractivity contribution in [2.75, 3.05) is 20.1 Å². The van der Waals surface area contributed by atoms with E-state index in [0.717, 1.165) is 27.6 Å². The van der Waals surface area contributed by atoms with Gasteiger partial charge in [0.1, 0.15) is 0 Å². The Morgan fingerprint density at radius 2 is 2.35 bits per heavy atom. The van der Waals surface area contributed by atoms with Gasteiger partial charge in [-0.3, -0.25) is 4.79 Å². The first-order valence-corrected chi connectivity index (χ1v) is 7.38. The summed E-state index contributed by atoms with van der Waals surface area (Å²) >= 11 is 5.63. The second-order valence-electron chi connectivity index (χ2n) is 4.35. The molecule has 0 aliphatic carbocycles. The second kappa shape index (κ2) is 5.67. The van der Waals surface area contributed by atoms with Gasteiger partial charge in [0.2, 0.25) is 0 Å². The number of hydrogen-bond donors (Lipinski definition) is 1. The maximum absolute atomic E-state index is 12.1. The van der Waals surface area contributed by atoms with Gasteiger partial charge >= 0.3 is 0 Å². The third kappa shape index (κ3) is 3.42. The fraction of sp³-hybridized carbons (Fsp3) is 0.417. The van der Waals surface area contributed by atoms with Crippen LogP contribution in [0.3, 0.4) is 0 Å². The number of hydrogen-bond acceptors (Lipinski definition) is 2. The van der Waals surface area contributed by atoms with E-state index in [1.54, 1.807) is 0 Å². The van der Waals surface area contributed by atoms with Gasteiger partial charge in [0.15, 0.2) is 0 Å². The van der Waals surface area contributed by atoms with E-state index in [2.05, 4.69) is 55.8 Å². The minimum absolute atomic E-state index is 0.00990. The lowest BCUT2D eigenvalue weighted by molar-refractivity contribution is 0.0937. The number of nitrogens with zero attached hydrogens (tertiary/aromatic N) is 1. The molecule has 1 amide bonds. The van der Waals surface area contributed by atoms with Crippen molar-refractivity contribution >= 4 is 44.4 Å². The minimum Gasteiger partial charge on any atom is -0.348 e. The molecule has 1 atom stereocenters. The van der Waals surface area contributed by atoms with Crippen molar-refractivity contribution in [2.24, 2.45) is 0 Å². The number of rotatable bonds is 2. The highest BCUT2D eigenvalue weighted by molar-refractivity contribution is 14.1. The zero-order valence-electron chi connectivity index (χ0n) is 9.54. The molecule has 0 spiro atoms. The summed E-state index contributed by atoms with van der Waals surface area (Å²) in [5.41, 5.74) is 0.714. The van der Waals surface area contributed by atoms with E-state index in [1.807, 2.05) is 18.2 Å². The van der Waals surface area contributed by atoms with Crippen LogP contribution in [0.1, 0.15) is 16.8 Å². The number of nitrogens with one attached hydrogen (secondary N) is 1. The summed E-state index contributed by atoms with van der Waals surface area (Å²) in [4.78, 5) is 14.3. The minimum atomic E-state index is 0.00990.